The summed E-state index contributed by atoms with van der Waals surface area (Å²) >= 11 is 0. The first-order valence-electron chi connectivity index (χ1n) is 4.44. The third-order valence-corrected chi connectivity index (χ3v) is 2.54. The second kappa shape index (κ2) is 7.07. The molecule has 0 aliphatic carbocycles. The Morgan fingerprint density at radius 2 is 1.90 bits per heavy atom. The molecule has 0 bridgehead atoms. The van der Waals surface area contributed by atoms with Gasteiger partial charge in [0.2, 0.25) is 0 Å². The molecule has 0 saturated heterocycles. The van der Waals surface area contributed by atoms with Crippen LogP contribution in [-0.4, -0.2) is 8.80 Å². The van der Waals surface area contributed by atoms with Crippen molar-refractivity contribution in [3.63, 3.8) is 0 Å². The van der Waals surface area contributed by atoms with Crippen molar-refractivity contribution in [2.45, 2.75) is 45.7 Å². The van der Waals surface area contributed by atoms with Crippen molar-refractivity contribution in [2.75, 3.05) is 0 Å². The van der Waals surface area contributed by atoms with E-state index in [-0.39, 0.29) is 0 Å². The van der Waals surface area contributed by atoms with E-state index < -0.39 is 8.80 Å². The third-order valence-electron chi connectivity index (χ3n) is 1.50. The molecule has 0 spiro atoms. The van der Waals surface area contributed by atoms with Gasteiger partial charge in [0.1, 0.15) is 0 Å². The number of hydrogen-bond acceptors (Lipinski definition) is 0. The van der Waals surface area contributed by atoms with Crippen LogP contribution in [0.2, 0.25) is 13.1 Å². The van der Waals surface area contributed by atoms with E-state index in [2.05, 4.69) is 31.8 Å². The van der Waals surface area contributed by atoms with Crippen molar-refractivity contribution in [3.05, 3.63) is 11.8 Å². The van der Waals surface area contributed by atoms with Crippen LogP contribution in [0.4, 0.5) is 0 Å². The van der Waals surface area contributed by atoms with Gasteiger partial charge in [-0.15, -0.1) is 5.70 Å². The maximum Gasteiger partial charge on any atom is 0.0549 e. The van der Waals surface area contributed by atoms with Gasteiger partial charge in [-0.25, -0.2) is 0 Å². The average molecular weight is 156 g/mol. The Morgan fingerprint density at radius 3 is 2.40 bits per heavy atom. The fourth-order valence-electron chi connectivity index (χ4n) is 0.881. The van der Waals surface area contributed by atoms with E-state index in [1.54, 1.807) is 0 Å². The molecule has 60 valence electrons. The molecule has 0 fully saturated rings. The molecule has 0 aliphatic rings. The minimum absolute atomic E-state index is 0.403. The summed E-state index contributed by atoms with van der Waals surface area (Å²) in [7, 11) is -0.403. The first-order chi connectivity index (χ1) is 4.77. The minimum atomic E-state index is -0.403. The molecule has 0 heterocycles. The topological polar surface area (TPSA) is 0 Å². The summed E-state index contributed by atoms with van der Waals surface area (Å²) in [6, 6.07) is 0. The molecule has 0 rings (SSSR count). The van der Waals surface area contributed by atoms with Gasteiger partial charge in [-0.05, 0) is 12.8 Å². The molecule has 0 aromatic heterocycles. The summed E-state index contributed by atoms with van der Waals surface area (Å²) in [5, 5.41) is 0. The molecule has 0 aliphatic heterocycles. The summed E-state index contributed by atoms with van der Waals surface area (Å²) in [6.07, 6.45) is 7.79. The van der Waals surface area contributed by atoms with Crippen LogP contribution in [0.3, 0.4) is 0 Å². The van der Waals surface area contributed by atoms with Crippen LogP contribution in [0.15, 0.2) is 11.8 Å². The second-order valence-corrected chi connectivity index (χ2v) is 6.04. The smallest absolute Gasteiger partial charge is 0.0549 e. The highest BCUT2D eigenvalue weighted by Gasteiger charge is 1.85. The normalized spacial score (nSPS) is 11.6. The second-order valence-electron chi connectivity index (χ2n) is 3.17. The van der Waals surface area contributed by atoms with Gasteiger partial charge in [0.15, 0.2) is 0 Å². The van der Waals surface area contributed by atoms with Gasteiger partial charge in [-0.1, -0.05) is 38.9 Å². The molecule has 10 heavy (non-hydrogen) atoms. The summed E-state index contributed by atoms with van der Waals surface area (Å²) < 4.78 is 0. The van der Waals surface area contributed by atoms with Crippen molar-refractivity contribution in [1.82, 2.24) is 0 Å². The van der Waals surface area contributed by atoms with E-state index in [9.17, 15) is 0 Å². The first-order valence-corrected chi connectivity index (χ1v) is 7.41. The van der Waals surface area contributed by atoms with Crippen molar-refractivity contribution in [1.29, 1.82) is 0 Å². The molecular formula is C9H20Si. The average Bonchev–Trinajstić information content (AvgIpc) is 1.87. The van der Waals surface area contributed by atoms with Crippen LogP contribution in [0.1, 0.15) is 32.6 Å². The Morgan fingerprint density at radius 1 is 1.20 bits per heavy atom. The molecular weight excluding hydrogens is 136 g/mol. The van der Waals surface area contributed by atoms with Crippen molar-refractivity contribution in [3.8, 4) is 0 Å². The van der Waals surface area contributed by atoms with Gasteiger partial charge < -0.3 is 0 Å². The summed E-state index contributed by atoms with van der Waals surface area (Å²) in [5.74, 6) is 0. The van der Waals surface area contributed by atoms with Gasteiger partial charge in [-0.2, -0.15) is 0 Å². The van der Waals surface area contributed by atoms with E-state index in [0.29, 0.717) is 0 Å². The lowest BCUT2D eigenvalue weighted by molar-refractivity contribution is 0.729. The van der Waals surface area contributed by atoms with Crippen molar-refractivity contribution >= 4 is 8.80 Å². The number of rotatable bonds is 5. The molecule has 0 saturated carbocycles. The van der Waals surface area contributed by atoms with Gasteiger partial charge >= 0.3 is 0 Å². The zero-order valence-corrected chi connectivity index (χ0v) is 8.72. The summed E-state index contributed by atoms with van der Waals surface area (Å²) in [4.78, 5) is 0. The van der Waals surface area contributed by atoms with E-state index in [1.807, 2.05) is 0 Å². The Hall–Kier alpha value is -0.0431. The largest absolute Gasteiger partial charge is 0.102 e. The van der Waals surface area contributed by atoms with E-state index in [4.69, 9.17) is 0 Å². The highest BCUT2D eigenvalue weighted by Crippen LogP contribution is 1.99. The number of unbranched alkanes of at least 4 members (excludes halogenated alkanes) is 3. The molecule has 0 aromatic carbocycles. The monoisotopic (exact) mass is 156 g/mol. The standard InChI is InChI=1S/C9H20Si/c1-4-5-6-7-8-9-10(2)3/h8-10H,4-7H2,1-3H3/b9-8+. The molecule has 0 unspecified atom stereocenters. The van der Waals surface area contributed by atoms with E-state index in [0.717, 1.165) is 0 Å². The lowest BCUT2D eigenvalue weighted by atomic mass is 10.2. The van der Waals surface area contributed by atoms with Crippen LogP contribution >= 0.6 is 0 Å². The third kappa shape index (κ3) is 7.96. The van der Waals surface area contributed by atoms with Gasteiger partial charge in [0.05, 0.1) is 8.80 Å². The number of hydrogen-bond donors (Lipinski definition) is 0. The zero-order valence-electron chi connectivity index (χ0n) is 7.56. The van der Waals surface area contributed by atoms with Gasteiger partial charge in [0, 0.05) is 0 Å². The van der Waals surface area contributed by atoms with E-state index >= 15 is 0 Å². The van der Waals surface area contributed by atoms with Gasteiger partial charge in [-0.3, -0.25) is 0 Å². The Balaban J connectivity index is 3.02. The highest BCUT2D eigenvalue weighted by atomic mass is 28.3. The lowest BCUT2D eigenvalue weighted by Gasteiger charge is -1.93. The minimum Gasteiger partial charge on any atom is -0.102 e. The van der Waals surface area contributed by atoms with Crippen LogP contribution in [-0.2, 0) is 0 Å². The Bertz CT molecular complexity index is 84.7. The fraction of sp³-hybridized carbons (Fsp3) is 0.778. The maximum atomic E-state index is 2.43. The quantitative estimate of drug-likeness (QED) is 0.424. The van der Waals surface area contributed by atoms with Crippen LogP contribution in [0, 0.1) is 0 Å². The highest BCUT2D eigenvalue weighted by molar-refractivity contribution is 6.61. The van der Waals surface area contributed by atoms with Crippen LogP contribution in [0.5, 0.6) is 0 Å². The molecule has 0 N–H and O–H groups in total. The Kier molecular flexibility index (Phi) is 7.04. The predicted molar refractivity (Wildman–Crippen MR) is 52.2 cm³/mol. The maximum absolute atomic E-state index is 2.43. The molecule has 0 atom stereocenters. The Labute approximate surface area is 66.9 Å². The van der Waals surface area contributed by atoms with Crippen LogP contribution < -0.4 is 0 Å². The van der Waals surface area contributed by atoms with Crippen molar-refractivity contribution < 1.29 is 0 Å². The summed E-state index contributed by atoms with van der Waals surface area (Å²) in [6.45, 7) is 6.97. The molecule has 0 aromatic rings. The zero-order chi connectivity index (χ0) is 7.82. The van der Waals surface area contributed by atoms with E-state index in [1.165, 1.54) is 25.7 Å². The lowest BCUT2D eigenvalue weighted by Crippen LogP contribution is -1.91. The molecule has 0 radical (unpaired) electrons. The van der Waals surface area contributed by atoms with Crippen molar-refractivity contribution in [2.24, 2.45) is 0 Å². The molecule has 0 amide bonds. The summed E-state index contributed by atoms with van der Waals surface area (Å²) in [5.41, 5.74) is 2.43. The van der Waals surface area contributed by atoms with Gasteiger partial charge in [0.25, 0.3) is 0 Å². The SMILES string of the molecule is CCCCC/C=C/[SiH](C)C. The van der Waals surface area contributed by atoms with Crippen LogP contribution in [0.25, 0.3) is 0 Å². The molecule has 0 nitrogen and oxygen atoms in total. The molecule has 1 heteroatoms. The number of allylic oxidation sites excluding steroid dienone is 1. The predicted octanol–water partition coefficient (Wildman–Crippen LogP) is 3.15. The fourth-order valence-corrected chi connectivity index (χ4v) is 1.62. The first kappa shape index (κ1) is 9.96.